The van der Waals surface area contributed by atoms with Gasteiger partial charge in [0.2, 0.25) is 5.91 Å². The van der Waals surface area contributed by atoms with E-state index < -0.39 is 0 Å². The van der Waals surface area contributed by atoms with Crippen LogP contribution in [0.1, 0.15) is 31.2 Å². The average Bonchev–Trinajstić information content (AvgIpc) is 3.12. The number of aromatic amines is 1. The Kier molecular flexibility index (Phi) is 4.76. The minimum Gasteiger partial charge on any atom is -0.361 e. The van der Waals surface area contributed by atoms with Gasteiger partial charge in [0.05, 0.1) is 6.04 Å². The van der Waals surface area contributed by atoms with Gasteiger partial charge in [-0.25, -0.2) is 0 Å². The summed E-state index contributed by atoms with van der Waals surface area (Å²) in [5.41, 5.74) is 3.49. The van der Waals surface area contributed by atoms with E-state index in [0.29, 0.717) is 5.92 Å². The third-order valence-corrected chi connectivity index (χ3v) is 5.56. The van der Waals surface area contributed by atoms with Crippen LogP contribution in [0.4, 0.5) is 5.69 Å². The van der Waals surface area contributed by atoms with Crippen LogP contribution < -0.4 is 5.32 Å². The van der Waals surface area contributed by atoms with E-state index in [1.165, 1.54) is 16.5 Å². The van der Waals surface area contributed by atoms with Crippen molar-refractivity contribution in [3.63, 3.8) is 0 Å². The molecule has 1 saturated heterocycles. The number of hydrogen-bond acceptors (Lipinski definition) is 2. The third kappa shape index (κ3) is 3.37. The third-order valence-electron chi connectivity index (χ3n) is 5.56. The molecule has 134 valence electrons. The molecule has 0 bridgehead atoms. The number of benzene rings is 2. The molecule has 0 spiro atoms. The van der Waals surface area contributed by atoms with Crippen LogP contribution in [0.5, 0.6) is 0 Å². The number of H-pyrrole nitrogens is 1. The number of carbonyl (C=O) groups excluding carboxylic acids is 1. The first-order chi connectivity index (χ1) is 12.7. The van der Waals surface area contributed by atoms with Crippen LogP contribution in [-0.2, 0) is 4.79 Å². The SMILES string of the molecule is CC(C(=O)Nc1ccccc1)N1CCC(c2c[nH]c3ccccc23)CC1. The molecule has 26 heavy (non-hydrogen) atoms. The summed E-state index contributed by atoms with van der Waals surface area (Å²) in [6.07, 6.45) is 4.34. The highest BCUT2D eigenvalue weighted by Gasteiger charge is 2.28. The maximum absolute atomic E-state index is 12.5. The van der Waals surface area contributed by atoms with Crippen molar-refractivity contribution in [3.8, 4) is 0 Å². The highest BCUT2D eigenvalue weighted by molar-refractivity contribution is 5.94. The van der Waals surface area contributed by atoms with Crippen molar-refractivity contribution in [2.45, 2.75) is 31.7 Å². The number of fused-ring (bicyclic) bond motifs is 1. The number of aromatic nitrogens is 1. The Bertz CT molecular complexity index is 879. The molecule has 1 fully saturated rings. The van der Waals surface area contributed by atoms with Gasteiger partial charge in [0, 0.05) is 22.8 Å². The highest BCUT2D eigenvalue weighted by Crippen LogP contribution is 2.33. The molecule has 2 N–H and O–H groups in total. The lowest BCUT2D eigenvalue weighted by atomic mass is 9.88. The molecule has 1 unspecified atom stereocenters. The first kappa shape index (κ1) is 16.9. The van der Waals surface area contributed by atoms with Crippen LogP contribution in [0.2, 0.25) is 0 Å². The fraction of sp³-hybridized carbons (Fsp3) is 0.318. The Hall–Kier alpha value is -2.59. The van der Waals surface area contributed by atoms with Gasteiger partial charge in [0.25, 0.3) is 0 Å². The van der Waals surface area contributed by atoms with Crippen molar-refractivity contribution in [1.82, 2.24) is 9.88 Å². The van der Waals surface area contributed by atoms with Crippen molar-refractivity contribution >= 4 is 22.5 Å². The number of amides is 1. The van der Waals surface area contributed by atoms with E-state index in [1.807, 2.05) is 37.3 Å². The maximum atomic E-state index is 12.5. The zero-order chi connectivity index (χ0) is 17.9. The van der Waals surface area contributed by atoms with E-state index in [9.17, 15) is 4.79 Å². The molecule has 0 saturated carbocycles. The van der Waals surface area contributed by atoms with Gasteiger partial charge in [0.15, 0.2) is 0 Å². The van der Waals surface area contributed by atoms with Crippen LogP contribution in [0.25, 0.3) is 10.9 Å². The van der Waals surface area contributed by atoms with Crippen molar-refractivity contribution in [2.75, 3.05) is 18.4 Å². The first-order valence-electron chi connectivity index (χ1n) is 9.38. The summed E-state index contributed by atoms with van der Waals surface area (Å²) < 4.78 is 0. The predicted octanol–water partition coefficient (Wildman–Crippen LogP) is 4.37. The highest BCUT2D eigenvalue weighted by atomic mass is 16.2. The minimum absolute atomic E-state index is 0.0711. The molecule has 1 aliphatic rings. The van der Waals surface area contributed by atoms with Gasteiger partial charge in [-0.3, -0.25) is 9.69 Å². The van der Waals surface area contributed by atoms with Crippen molar-refractivity contribution in [1.29, 1.82) is 0 Å². The van der Waals surface area contributed by atoms with Gasteiger partial charge in [0.1, 0.15) is 0 Å². The maximum Gasteiger partial charge on any atom is 0.241 e. The zero-order valence-corrected chi connectivity index (χ0v) is 15.1. The molecule has 1 amide bonds. The molecule has 1 aliphatic heterocycles. The molecule has 1 aromatic heterocycles. The molecule has 0 aliphatic carbocycles. The lowest BCUT2D eigenvalue weighted by Crippen LogP contribution is -2.45. The summed E-state index contributed by atoms with van der Waals surface area (Å²) in [7, 11) is 0. The predicted molar refractivity (Wildman–Crippen MR) is 106 cm³/mol. The largest absolute Gasteiger partial charge is 0.361 e. The molecule has 3 aromatic rings. The molecule has 2 heterocycles. The van der Waals surface area contributed by atoms with Gasteiger partial charge in [-0.15, -0.1) is 0 Å². The quantitative estimate of drug-likeness (QED) is 0.736. The number of piperidine rings is 1. The fourth-order valence-corrected chi connectivity index (χ4v) is 3.96. The lowest BCUT2D eigenvalue weighted by molar-refractivity contribution is -0.121. The second-order valence-electron chi connectivity index (χ2n) is 7.13. The van der Waals surface area contributed by atoms with Crippen LogP contribution in [0.15, 0.2) is 60.8 Å². The Morgan fingerprint density at radius 2 is 1.77 bits per heavy atom. The van der Waals surface area contributed by atoms with Gasteiger partial charge in [-0.05, 0) is 62.5 Å². The number of para-hydroxylation sites is 2. The molecular formula is C22H25N3O. The number of nitrogens with zero attached hydrogens (tertiary/aromatic N) is 1. The van der Waals surface area contributed by atoms with Crippen LogP contribution >= 0.6 is 0 Å². The van der Waals surface area contributed by atoms with Crippen molar-refractivity contribution in [2.24, 2.45) is 0 Å². The van der Waals surface area contributed by atoms with Gasteiger partial charge < -0.3 is 10.3 Å². The first-order valence-corrected chi connectivity index (χ1v) is 9.38. The van der Waals surface area contributed by atoms with Crippen molar-refractivity contribution in [3.05, 3.63) is 66.4 Å². The van der Waals surface area contributed by atoms with Gasteiger partial charge in [-0.1, -0.05) is 36.4 Å². The van der Waals surface area contributed by atoms with E-state index >= 15 is 0 Å². The number of carbonyl (C=O) groups is 1. The number of nitrogens with one attached hydrogen (secondary N) is 2. The fourth-order valence-electron chi connectivity index (χ4n) is 3.96. The number of hydrogen-bond donors (Lipinski definition) is 2. The second-order valence-corrected chi connectivity index (χ2v) is 7.13. The summed E-state index contributed by atoms with van der Waals surface area (Å²) in [6.45, 7) is 3.91. The van der Waals surface area contributed by atoms with Crippen LogP contribution in [0.3, 0.4) is 0 Å². The van der Waals surface area contributed by atoms with E-state index in [-0.39, 0.29) is 11.9 Å². The Balaban J connectivity index is 1.38. The summed E-state index contributed by atoms with van der Waals surface area (Å²) in [6, 6.07) is 18.1. The standard InChI is InChI=1S/C22H25N3O/c1-16(22(26)24-18-7-3-2-4-8-18)25-13-11-17(12-14-25)20-15-23-21-10-6-5-9-19(20)21/h2-10,15-17,23H,11-14H2,1H3,(H,24,26). The smallest absolute Gasteiger partial charge is 0.241 e. The van der Waals surface area contributed by atoms with E-state index in [0.717, 1.165) is 31.6 Å². The molecule has 4 rings (SSSR count). The zero-order valence-electron chi connectivity index (χ0n) is 15.1. The summed E-state index contributed by atoms with van der Waals surface area (Å²) >= 11 is 0. The Labute approximate surface area is 154 Å². The monoisotopic (exact) mass is 347 g/mol. The number of rotatable bonds is 4. The second kappa shape index (κ2) is 7.34. The van der Waals surface area contributed by atoms with E-state index in [4.69, 9.17) is 0 Å². The summed E-state index contributed by atoms with van der Waals surface area (Å²) in [5, 5.41) is 4.35. The normalized spacial score (nSPS) is 17.3. The van der Waals surface area contributed by atoms with Gasteiger partial charge >= 0.3 is 0 Å². The molecule has 4 nitrogen and oxygen atoms in total. The molecular weight excluding hydrogens is 322 g/mol. The number of likely N-dealkylation sites (tertiary alicyclic amines) is 1. The number of anilines is 1. The molecule has 1 atom stereocenters. The summed E-state index contributed by atoms with van der Waals surface area (Å²) in [4.78, 5) is 18.2. The molecule has 4 heteroatoms. The van der Waals surface area contributed by atoms with E-state index in [2.05, 4.69) is 45.7 Å². The van der Waals surface area contributed by atoms with Crippen LogP contribution in [-0.4, -0.2) is 34.9 Å². The minimum atomic E-state index is -0.112. The van der Waals surface area contributed by atoms with E-state index in [1.54, 1.807) is 0 Å². The Morgan fingerprint density at radius 3 is 2.54 bits per heavy atom. The summed E-state index contributed by atoms with van der Waals surface area (Å²) in [5.74, 6) is 0.633. The Morgan fingerprint density at radius 1 is 1.08 bits per heavy atom. The average molecular weight is 347 g/mol. The van der Waals surface area contributed by atoms with Crippen molar-refractivity contribution < 1.29 is 4.79 Å². The van der Waals surface area contributed by atoms with Gasteiger partial charge in [-0.2, -0.15) is 0 Å². The lowest BCUT2D eigenvalue weighted by Gasteiger charge is -2.35. The molecule has 2 aromatic carbocycles. The van der Waals surface area contributed by atoms with Crippen LogP contribution in [0, 0.1) is 0 Å². The topological polar surface area (TPSA) is 48.1 Å². The molecule has 0 radical (unpaired) electrons.